The summed E-state index contributed by atoms with van der Waals surface area (Å²) in [6.07, 6.45) is 4.53. The number of hydrogen-bond donors (Lipinski definition) is 3. The van der Waals surface area contributed by atoms with E-state index in [2.05, 4.69) is 6.08 Å². The number of hydrogen-bond acceptors (Lipinski definition) is 6. The lowest BCUT2D eigenvalue weighted by Gasteiger charge is -2.29. The molecule has 162 valence electrons. The number of phenols is 2. The van der Waals surface area contributed by atoms with Gasteiger partial charge in [0.1, 0.15) is 40.6 Å². The number of allylic oxidation sites excluding steroid dienone is 2. The van der Waals surface area contributed by atoms with Gasteiger partial charge in [0.25, 0.3) is 0 Å². The van der Waals surface area contributed by atoms with E-state index in [1.807, 2.05) is 13.8 Å². The molecule has 0 radical (unpaired) electrons. The van der Waals surface area contributed by atoms with Crippen molar-refractivity contribution >= 4 is 11.0 Å². The molecule has 3 aromatic rings. The number of phenolic OH excluding ortho intramolecular Hbond substituents is 2. The van der Waals surface area contributed by atoms with E-state index in [0.717, 1.165) is 6.42 Å². The molecule has 31 heavy (non-hydrogen) atoms. The summed E-state index contributed by atoms with van der Waals surface area (Å²) in [4.78, 5) is 13.1. The molecule has 6 heteroatoms. The third kappa shape index (κ3) is 3.91. The van der Waals surface area contributed by atoms with Crippen molar-refractivity contribution in [2.75, 3.05) is 0 Å². The number of ether oxygens (including phenoxy) is 1. The maximum atomic E-state index is 13.1. The lowest BCUT2D eigenvalue weighted by molar-refractivity contribution is -0.0433. The first-order valence-electron chi connectivity index (χ1n) is 10.3. The Hall–Kier alpha value is -3.25. The highest BCUT2D eigenvalue weighted by Crippen LogP contribution is 2.42. The summed E-state index contributed by atoms with van der Waals surface area (Å²) in [6.45, 7) is 5.77. The molecule has 1 aliphatic heterocycles. The molecule has 4 rings (SSSR count). The summed E-state index contributed by atoms with van der Waals surface area (Å²) in [6, 6.07) is 7.61. The van der Waals surface area contributed by atoms with Gasteiger partial charge in [0.05, 0.1) is 11.2 Å². The van der Waals surface area contributed by atoms with Crippen molar-refractivity contribution in [2.45, 2.75) is 51.7 Å². The van der Waals surface area contributed by atoms with E-state index in [0.29, 0.717) is 29.7 Å². The van der Waals surface area contributed by atoms with Crippen molar-refractivity contribution in [2.24, 2.45) is 0 Å². The first kappa shape index (κ1) is 21.0. The van der Waals surface area contributed by atoms with Gasteiger partial charge in [0.2, 0.25) is 5.43 Å². The average Bonchev–Trinajstić information content (AvgIpc) is 3.13. The predicted octanol–water partition coefficient (Wildman–Crippen LogP) is 4.67. The average molecular weight is 422 g/mol. The quantitative estimate of drug-likeness (QED) is 0.517. The monoisotopic (exact) mass is 422 g/mol. The molecule has 6 nitrogen and oxygen atoms in total. The van der Waals surface area contributed by atoms with E-state index in [1.54, 1.807) is 19.1 Å². The highest BCUT2D eigenvalue weighted by atomic mass is 16.5. The second-order valence-corrected chi connectivity index (χ2v) is 8.59. The van der Waals surface area contributed by atoms with Gasteiger partial charge in [0, 0.05) is 18.1 Å². The number of rotatable bonds is 5. The van der Waals surface area contributed by atoms with Crippen molar-refractivity contribution in [3.8, 4) is 28.4 Å². The van der Waals surface area contributed by atoms with Crippen molar-refractivity contribution in [1.29, 1.82) is 0 Å². The normalized spacial score (nSPS) is 17.1. The van der Waals surface area contributed by atoms with Crippen LogP contribution in [0.4, 0.5) is 0 Å². The van der Waals surface area contributed by atoms with E-state index in [4.69, 9.17) is 9.15 Å². The van der Waals surface area contributed by atoms with Crippen LogP contribution in [0.2, 0.25) is 0 Å². The lowest BCUT2D eigenvalue weighted by atomic mass is 9.89. The topological polar surface area (TPSA) is 100 Å². The second-order valence-electron chi connectivity index (χ2n) is 8.59. The molecule has 1 aromatic heterocycles. The van der Waals surface area contributed by atoms with Gasteiger partial charge in [-0.25, -0.2) is 0 Å². The van der Waals surface area contributed by atoms with Crippen LogP contribution in [0.25, 0.3) is 22.1 Å². The summed E-state index contributed by atoms with van der Waals surface area (Å²) >= 11 is 0. The first-order chi connectivity index (χ1) is 14.7. The van der Waals surface area contributed by atoms with Crippen molar-refractivity contribution in [1.82, 2.24) is 0 Å². The van der Waals surface area contributed by atoms with Crippen LogP contribution in [0.15, 0.2) is 57.5 Å². The molecular formula is C25H26O6. The third-order valence-electron chi connectivity index (χ3n) is 5.82. The summed E-state index contributed by atoms with van der Waals surface area (Å²) in [5.41, 5.74) is 1.52. The molecule has 0 saturated heterocycles. The molecule has 0 bridgehead atoms. The molecule has 2 unspecified atom stereocenters. The third-order valence-corrected chi connectivity index (χ3v) is 5.82. The Morgan fingerprint density at radius 2 is 1.94 bits per heavy atom. The molecule has 3 N–H and O–H groups in total. The van der Waals surface area contributed by atoms with Gasteiger partial charge >= 0.3 is 0 Å². The molecule has 2 atom stereocenters. The molecule has 2 aromatic carbocycles. The largest absolute Gasteiger partial charge is 0.508 e. The highest BCUT2D eigenvalue weighted by molar-refractivity contribution is 5.91. The van der Waals surface area contributed by atoms with Crippen LogP contribution in [0.1, 0.15) is 39.2 Å². The zero-order valence-corrected chi connectivity index (χ0v) is 17.8. The fourth-order valence-electron chi connectivity index (χ4n) is 4.00. The van der Waals surface area contributed by atoms with Crippen molar-refractivity contribution < 1.29 is 24.5 Å². The lowest BCUT2D eigenvalue weighted by Crippen LogP contribution is -2.42. The van der Waals surface area contributed by atoms with Gasteiger partial charge < -0.3 is 24.5 Å². The zero-order chi connectivity index (χ0) is 22.3. The number of benzene rings is 2. The molecule has 0 fully saturated rings. The van der Waals surface area contributed by atoms with Crippen molar-refractivity contribution in [3.63, 3.8) is 0 Å². The van der Waals surface area contributed by atoms with Gasteiger partial charge in [-0.1, -0.05) is 23.8 Å². The minimum atomic E-state index is -1.08. The first-order valence-corrected chi connectivity index (χ1v) is 10.3. The summed E-state index contributed by atoms with van der Waals surface area (Å²) < 4.78 is 11.8. The maximum Gasteiger partial charge on any atom is 0.204 e. The fraction of sp³-hybridized carbons (Fsp3) is 0.320. The molecule has 0 spiro atoms. The van der Waals surface area contributed by atoms with Gasteiger partial charge in [-0.05, 0) is 51.3 Å². The number of fused-ring (bicyclic) bond motifs is 3. The number of aliphatic hydroxyl groups is 1. The van der Waals surface area contributed by atoms with E-state index < -0.39 is 11.7 Å². The van der Waals surface area contributed by atoms with E-state index in [-0.39, 0.29) is 33.5 Å². The van der Waals surface area contributed by atoms with Crippen LogP contribution in [-0.2, 0) is 6.42 Å². The Balaban J connectivity index is 1.72. The standard InChI is InChI=1S/C25H26O6/c1-14(2)5-4-10-25(3,29)21-11-17-20(31-21)12-19(27)22-23(28)18(13-30-24(17)22)15-6-8-16(26)9-7-15/h5-9,12-13,21,26-27,29H,4,10-11H2,1-3H3. The van der Waals surface area contributed by atoms with E-state index in [1.165, 1.54) is 30.0 Å². The Morgan fingerprint density at radius 1 is 1.23 bits per heavy atom. The zero-order valence-electron chi connectivity index (χ0n) is 17.8. The van der Waals surface area contributed by atoms with Gasteiger partial charge in [-0.15, -0.1) is 0 Å². The van der Waals surface area contributed by atoms with Crippen LogP contribution in [0.5, 0.6) is 17.2 Å². The predicted molar refractivity (Wildman–Crippen MR) is 119 cm³/mol. The van der Waals surface area contributed by atoms with Crippen LogP contribution < -0.4 is 10.2 Å². The van der Waals surface area contributed by atoms with Crippen LogP contribution in [0.3, 0.4) is 0 Å². The molecule has 0 saturated carbocycles. The summed E-state index contributed by atoms with van der Waals surface area (Å²) in [5.74, 6) is 0.278. The van der Waals surface area contributed by atoms with Crippen LogP contribution >= 0.6 is 0 Å². The minimum absolute atomic E-state index is 0.0813. The SMILES string of the molecule is CC(C)=CCCC(C)(O)C1Cc2c(cc(O)c3c(=O)c(-c4ccc(O)cc4)coc23)O1. The van der Waals surface area contributed by atoms with Gasteiger partial charge in [-0.2, -0.15) is 0 Å². The summed E-state index contributed by atoms with van der Waals surface area (Å²) in [5, 5.41) is 31.1. The Labute approximate surface area is 180 Å². The molecule has 0 amide bonds. The number of aromatic hydroxyl groups is 2. The summed E-state index contributed by atoms with van der Waals surface area (Å²) in [7, 11) is 0. The van der Waals surface area contributed by atoms with Gasteiger partial charge in [0.15, 0.2) is 0 Å². The van der Waals surface area contributed by atoms with Crippen LogP contribution in [0, 0.1) is 0 Å². The molecule has 2 heterocycles. The highest BCUT2D eigenvalue weighted by Gasteiger charge is 2.40. The molecular weight excluding hydrogens is 396 g/mol. The maximum absolute atomic E-state index is 13.1. The Morgan fingerprint density at radius 3 is 2.61 bits per heavy atom. The van der Waals surface area contributed by atoms with E-state index in [9.17, 15) is 20.1 Å². The minimum Gasteiger partial charge on any atom is -0.508 e. The Bertz CT molecular complexity index is 1210. The van der Waals surface area contributed by atoms with Crippen LogP contribution in [-0.4, -0.2) is 27.0 Å². The van der Waals surface area contributed by atoms with Crippen molar-refractivity contribution in [3.05, 3.63) is 64.0 Å². The fourth-order valence-corrected chi connectivity index (χ4v) is 4.00. The second kappa shape index (κ2) is 7.78. The Kier molecular flexibility index (Phi) is 5.27. The van der Waals surface area contributed by atoms with E-state index >= 15 is 0 Å². The smallest absolute Gasteiger partial charge is 0.204 e. The molecule has 1 aliphatic rings. The molecule has 0 aliphatic carbocycles. The van der Waals surface area contributed by atoms with Gasteiger partial charge in [-0.3, -0.25) is 4.79 Å².